The lowest BCUT2D eigenvalue weighted by atomic mass is 10.1. The van der Waals surface area contributed by atoms with Crippen molar-refractivity contribution in [2.24, 2.45) is 5.73 Å². The van der Waals surface area contributed by atoms with Crippen LogP contribution < -0.4 is 15.4 Å². The molecule has 92 valence electrons. The van der Waals surface area contributed by atoms with Gasteiger partial charge in [0.15, 0.2) is 0 Å². The molecule has 0 amide bonds. The number of hydrogen-bond donors (Lipinski definition) is 3. The molecule has 1 heterocycles. The number of aliphatic hydroxyl groups is 1. The van der Waals surface area contributed by atoms with E-state index < -0.39 is 0 Å². The first-order valence-electron chi connectivity index (χ1n) is 5.57. The average molecular weight is 235 g/mol. The van der Waals surface area contributed by atoms with Crippen LogP contribution in [-0.2, 0) is 0 Å². The molecule has 1 aliphatic heterocycles. The van der Waals surface area contributed by atoms with E-state index >= 15 is 0 Å². The van der Waals surface area contributed by atoms with Gasteiger partial charge >= 0.3 is 0 Å². The Morgan fingerprint density at radius 2 is 2.35 bits per heavy atom. The first-order valence-corrected chi connectivity index (χ1v) is 5.57. The zero-order valence-electron chi connectivity index (χ0n) is 9.81. The molecule has 1 unspecified atom stereocenters. The van der Waals surface area contributed by atoms with Crippen molar-refractivity contribution in [2.45, 2.75) is 12.5 Å². The Morgan fingerprint density at radius 1 is 1.59 bits per heavy atom. The summed E-state index contributed by atoms with van der Waals surface area (Å²) in [5.74, 6) is 0.760. The van der Waals surface area contributed by atoms with Gasteiger partial charge in [-0.1, -0.05) is 0 Å². The van der Waals surface area contributed by atoms with Gasteiger partial charge in [0.25, 0.3) is 0 Å². The second kappa shape index (κ2) is 4.63. The third-order valence-electron chi connectivity index (χ3n) is 3.00. The molecule has 2 rings (SSSR count). The Bertz CT molecular complexity index is 434. The number of aliphatic hydroxyl groups excluding tert-OH is 1. The molecule has 1 saturated heterocycles. The number of amidine groups is 1. The van der Waals surface area contributed by atoms with E-state index in [1.807, 2.05) is 11.0 Å². The van der Waals surface area contributed by atoms with Gasteiger partial charge in [-0.2, -0.15) is 0 Å². The minimum absolute atomic E-state index is 0.0315. The molecular weight excluding hydrogens is 218 g/mol. The van der Waals surface area contributed by atoms with Crippen LogP contribution in [0.3, 0.4) is 0 Å². The number of anilines is 1. The predicted octanol–water partition coefficient (Wildman–Crippen LogP) is 0.550. The molecule has 5 heteroatoms. The summed E-state index contributed by atoms with van der Waals surface area (Å²) in [7, 11) is 1.60. The molecule has 5 nitrogen and oxygen atoms in total. The summed E-state index contributed by atoms with van der Waals surface area (Å²) in [5.41, 5.74) is 7.10. The van der Waals surface area contributed by atoms with Crippen LogP contribution in [0.1, 0.15) is 12.0 Å². The van der Waals surface area contributed by atoms with Crippen LogP contribution in [-0.4, -0.2) is 37.2 Å². The molecule has 4 N–H and O–H groups in total. The highest BCUT2D eigenvalue weighted by Gasteiger charge is 2.23. The van der Waals surface area contributed by atoms with Crippen molar-refractivity contribution >= 4 is 11.5 Å². The number of nitrogen functional groups attached to an aromatic ring is 1. The molecule has 1 aromatic rings. The van der Waals surface area contributed by atoms with Crippen molar-refractivity contribution in [3.05, 3.63) is 23.8 Å². The van der Waals surface area contributed by atoms with Crippen LogP contribution >= 0.6 is 0 Å². The lowest BCUT2D eigenvalue weighted by Crippen LogP contribution is -2.25. The third-order valence-corrected chi connectivity index (χ3v) is 3.00. The molecule has 0 saturated carbocycles. The fourth-order valence-corrected chi connectivity index (χ4v) is 2.09. The molecule has 0 radical (unpaired) electrons. The van der Waals surface area contributed by atoms with Gasteiger partial charge in [-0.15, -0.1) is 0 Å². The second-order valence-electron chi connectivity index (χ2n) is 4.19. The molecule has 1 fully saturated rings. The molecule has 0 bridgehead atoms. The zero-order valence-corrected chi connectivity index (χ0v) is 9.81. The number of nitrogens with zero attached hydrogens (tertiary/aromatic N) is 1. The fraction of sp³-hybridized carbons (Fsp3) is 0.417. The van der Waals surface area contributed by atoms with Crippen LogP contribution in [0.15, 0.2) is 18.2 Å². The van der Waals surface area contributed by atoms with Crippen LogP contribution in [0.25, 0.3) is 0 Å². The number of nitrogens with one attached hydrogen (secondary N) is 1. The summed E-state index contributed by atoms with van der Waals surface area (Å²) in [5, 5.41) is 17.1. The van der Waals surface area contributed by atoms with E-state index in [1.165, 1.54) is 0 Å². The van der Waals surface area contributed by atoms with Crippen LogP contribution in [0.4, 0.5) is 5.69 Å². The molecule has 1 aromatic carbocycles. The van der Waals surface area contributed by atoms with Crippen molar-refractivity contribution in [3.63, 3.8) is 0 Å². The summed E-state index contributed by atoms with van der Waals surface area (Å²) in [4.78, 5) is 2.03. The summed E-state index contributed by atoms with van der Waals surface area (Å²) >= 11 is 0. The van der Waals surface area contributed by atoms with Crippen molar-refractivity contribution in [3.8, 4) is 5.75 Å². The number of hydrogen-bond acceptors (Lipinski definition) is 4. The van der Waals surface area contributed by atoms with Gasteiger partial charge in [0.05, 0.1) is 18.9 Å². The first-order chi connectivity index (χ1) is 8.11. The maximum absolute atomic E-state index is 9.56. The smallest absolute Gasteiger partial charge is 0.124 e. The van der Waals surface area contributed by atoms with Crippen molar-refractivity contribution < 1.29 is 9.84 Å². The quantitative estimate of drug-likeness (QED) is 0.528. The van der Waals surface area contributed by atoms with Gasteiger partial charge in [-0.05, 0) is 18.6 Å². The van der Waals surface area contributed by atoms with Crippen LogP contribution in [0, 0.1) is 5.41 Å². The van der Waals surface area contributed by atoms with E-state index in [-0.39, 0.29) is 11.9 Å². The van der Waals surface area contributed by atoms with Crippen molar-refractivity contribution in [2.75, 3.05) is 25.1 Å². The minimum Gasteiger partial charge on any atom is -0.497 e. The highest BCUT2D eigenvalue weighted by Crippen LogP contribution is 2.28. The fourth-order valence-electron chi connectivity index (χ4n) is 2.09. The molecule has 0 aromatic heterocycles. The molecule has 0 spiro atoms. The second-order valence-corrected chi connectivity index (χ2v) is 4.19. The van der Waals surface area contributed by atoms with E-state index in [0.717, 1.165) is 24.4 Å². The van der Waals surface area contributed by atoms with E-state index in [9.17, 15) is 5.11 Å². The zero-order chi connectivity index (χ0) is 12.4. The number of rotatable bonds is 3. The Hall–Kier alpha value is -1.75. The highest BCUT2D eigenvalue weighted by atomic mass is 16.5. The molecule has 1 aliphatic rings. The lowest BCUT2D eigenvalue weighted by Gasteiger charge is -2.21. The Morgan fingerprint density at radius 3 is 2.88 bits per heavy atom. The van der Waals surface area contributed by atoms with Crippen LogP contribution in [0.2, 0.25) is 0 Å². The van der Waals surface area contributed by atoms with E-state index in [2.05, 4.69) is 0 Å². The SMILES string of the molecule is COc1ccc(C(=N)N)c(N2CCC(O)C2)c1. The maximum atomic E-state index is 9.56. The summed E-state index contributed by atoms with van der Waals surface area (Å²) in [6.45, 7) is 1.35. The normalized spacial score (nSPS) is 19.4. The van der Waals surface area contributed by atoms with Gasteiger partial charge in [0, 0.05) is 24.7 Å². The van der Waals surface area contributed by atoms with E-state index in [4.69, 9.17) is 15.9 Å². The van der Waals surface area contributed by atoms with Gasteiger partial charge < -0.3 is 20.5 Å². The van der Waals surface area contributed by atoms with Crippen molar-refractivity contribution in [1.82, 2.24) is 0 Å². The van der Waals surface area contributed by atoms with E-state index in [1.54, 1.807) is 19.2 Å². The number of nitrogens with two attached hydrogens (primary N) is 1. The third kappa shape index (κ3) is 2.34. The summed E-state index contributed by atoms with van der Waals surface area (Å²) in [6.07, 6.45) is 0.440. The molecular formula is C12H17N3O2. The number of ether oxygens (including phenoxy) is 1. The molecule has 17 heavy (non-hydrogen) atoms. The highest BCUT2D eigenvalue weighted by molar-refractivity contribution is 6.00. The monoisotopic (exact) mass is 235 g/mol. The lowest BCUT2D eigenvalue weighted by molar-refractivity contribution is 0.198. The van der Waals surface area contributed by atoms with Gasteiger partial charge in [0.2, 0.25) is 0 Å². The number of methoxy groups -OCH3 is 1. The Labute approximate surface area is 100 Å². The molecule has 0 aliphatic carbocycles. The van der Waals surface area contributed by atoms with Gasteiger partial charge in [-0.3, -0.25) is 5.41 Å². The number of benzene rings is 1. The van der Waals surface area contributed by atoms with Crippen LogP contribution in [0.5, 0.6) is 5.75 Å². The minimum atomic E-state index is -0.305. The molecule has 1 atom stereocenters. The number of β-amino-alcohol motifs (C(OH)–C–C–N with tert-alkyl or cyclic N) is 1. The topological polar surface area (TPSA) is 82.6 Å². The summed E-state index contributed by atoms with van der Waals surface area (Å²) < 4.78 is 5.18. The predicted molar refractivity (Wildman–Crippen MR) is 66.8 cm³/mol. The van der Waals surface area contributed by atoms with Gasteiger partial charge in [-0.25, -0.2) is 0 Å². The van der Waals surface area contributed by atoms with Gasteiger partial charge in [0.1, 0.15) is 11.6 Å². The largest absolute Gasteiger partial charge is 0.497 e. The summed E-state index contributed by atoms with van der Waals surface area (Å²) in [6, 6.07) is 5.42. The Kier molecular flexibility index (Phi) is 3.19. The van der Waals surface area contributed by atoms with Crippen molar-refractivity contribution in [1.29, 1.82) is 5.41 Å². The Balaban J connectivity index is 2.38. The standard InChI is InChI=1S/C12H17N3O2/c1-17-9-2-3-10(12(13)14)11(6-9)15-5-4-8(16)7-15/h2-3,6,8,16H,4-5,7H2,1H3,(H3,13,14). The van der Waals surface area contributed by atoms with E-state index in [0.29, 0.717) is 12.1 Å². The first kappa shape index (κ1) is 11.7. The average Bonchev–Trinajstić information content (AvgIpc) is 2.75. The maximum Gasteiger partial charge on any atom is 0.124 e.